The first-order valence-electron chi connectivity index (χ1n) is 10.4. The van der Waals surface area contributed by atoms with Gasteiger partial charge < -0.3 is 5.32 Å². The van der Waals surface area contributed by atoms with Gasteiger partial charge in [-0.3, -0.25) is 4.79 Å². The predicted molar refractivity (Wildman–Crippen MR) is 124 cm³/mol. The van der Waals surface area contributed by atoms with E-state index in [-0.39, 0.29) is 34.1 Å². The van der Waals surface area contributed by atoms with Crippen LogP contribution in [0.2, 0.25) is 15.1 Å². The average Bonchev–Trinajstić information content (AvgIpc) is 3.42. The molecule has 0 atom stereocenters. The van der Waals surface area contributed by atoms with Crippen molar-refractivity contribution in [1.29, 1.82) is 5.26 Å². The molecule has 200 valence electrons. The summed E-state index contributed by atoms with van der Waals surface area (Å²) in [6, 6.07) is 8.06. The zero-order valence-electron chi connectivity index (χ0n) is 18.5. The van der Waals surface area contributed by atoms with E-state index in [1.54, 1.807) is 0 Å². The maximum absolute atomic E-state index is 14.5. The van der Waals surface area contributed by atoms with Gasteiger partial charge in [0.05, 0.1) is 32.4 Å². The number of carbonyl (C=O) groups is 1. The Bertz CT molecular complexity index is 1440. The molecule has 0 bridgehead atoms. The molecule has 0 saturated heterocycles. The molecule has 2 aromatic carbocycles. The van der Waals surface area contributed by atoms with Crippen molar-refractivity contribution in [1.82, 2.24) is 15.1 Å². The van der Waals surface area contributed by atoms with Gasteiger partial charge >= 0.3 is 18.0 Å². The standard InChI is InChI=1S/C23H12Cl3F7N4O/c24-14-2-1-11(7-13(14)19(38)35-20(10-34)4-5-20)17-3-6-37(36-17)18-15(25)8-12(9-16(18)26)21(27,22(28,29)30)23(31,32)33/h1-3,6-9H,4-5H2,(H,35,38). The number of hydrogen-bond donors (Lipinski definition) is 1. The Labute approximate surface area is 224 Å². The van der Waals surface area contributed by atoms with Crippen molar-refractivity contribution < 1.29 is 35.5 Å². The third-order valence-corrected chi connectivity index (χ3v) is 6.74. The number of benzene rings is 2. The van der Waals surface area contributed by atoms with Crippen molar-refractivity contribution in [2.75, 3.05) is 0 Å². The highest BCUT2D eigenvalue weighted by Gasteiger charge is 2.73. The molecule has 1 aliphatic carbocycles. The largest absolute Gasteiger partial charge is 0.435 e. The van der Waals surface area contributed by atoms with Crippen LogP contribution in [-0.4, -0.2) is 33.6 Å². The number of rotatable bonds is 5. The van der Waals surface area contributed by atoms with E-state index >= 15 is 0 Å². The van der Waals surface area contributed by atoms with Crippen LogP contribution in [0.3, 0.4) is 0 Å². The molecule has 0 radical (unpaired) electrons. The summed E-state index contributed by atoms with van der Waals surface area (Å²) in [5.41, 5.74) is -8.24. The molecule has 1 N–H and O–H groups in total. The van der Waals surface area contributed by atoms with Gasteiger partial charge in [0.1, 0.15) is 11.2 Å². The van der Waals surface area contributed by atoms with Crippen LogP contribution in [0.25, 0.3) is 16.9 Å². The number of carbonyl (C=O) groups excluding carboxylic acids is 1. The molecular formula is C23H12Cl3F7N4O. The van der Waals surface area contributed by atoms with Crippen molar-refractivity contribution in [3.8, 4) is 23.0 Å². The molecule has 1 saturated carbocycles. The molecule has 1 aromatic heterocycles. The van der Waals surface area contributed by atoms with E-state index in [9.17, 15) is 40.8 Å². The summed E-state index contributed by atoms with van der Waals surface area (Å²) in [4.78, 5) is 12.6. The first kappa shape index (κ1) is 28.0. The number of halogens is 10. The summed E-state index contributed by atoms with van der Waals surface area (Å²) < 4.78 is 94.3. The van der Waals surface area contributed by atoms with Crippen LogP contribution in [0.1, 0.15) is 28.8 Å². The van der Waals surface area contributed by atoms with Gasteiger partial charge in [0.25, 0.3) is 5.91 Å². The molecule has 5 nitrogen and oxygen atoms in total. The molecule has 1 amide bonds. The number of alkyl halides is 7. The van der Waals surface area contributed by atoms with E-state index in [1.165, 1.54) is 30.5 Å². The van der Waals surface area contributed by atoms with Gasteiger partial charge in [0.2, 0.25) is 0 Å². The highest BCUT2D eigenvalue weighted by atomic mass is 35.5. The first-order valence-corrected chi connectivity index (χ1v) is 11.6. The van der Waals surface area contributed by atoms with Crippen LogP contribution in [0.15, 0.2) is 42.6 Å². The van der Waals surface area contributed by atoms with Crippen LogP contribution >= 0.6 is 34.8 Å². The molecule has 15 heteroatoms. The van der Waals surface area contributed by atoms with Crippen molar-refractivity contribution in [2.24, 2.45) is 0 Å². The average molecular weight is 600 g/mol. The number of aromatic nitrogens is 2. The Balaban J connectivity index is 1.70. The van der Waals surface area contributed by atoms with E-state index in [1.807, 2.05) is 6.07 Å². The summed E-state index contributed by atoms with van der Waals surface area (Å²) in [5.74, 6) is -0.596. The molecule has 4 rings (SSSR count). The molecule has 0 unspecified atom stereocenters. The summed E-state index contributed by atoms with van der Waals surface area (Å²) in [6.45, 7) is 0. The Morgan fingerprint density at radius 1 is 0.947 bits per heavy atom. The third-order valence-electron chi connectivity index (χ3n) is 5.84. The molecular weight excluding hydrogens is 588 g/mol. The number of hydrogen-bond acceptors (Lipinski definition) is 3. The molecule has 0 aliphatic heterocycles. The molecule has 1 aliphatic rings. The van der Waals surface area contributed by atoms with Gasteiger partial charge in [-0.05, 0) is 43.2 Å². The Morgan fingerprint density at radius 3 is 2.03 bits per heavy atom. The highest BCUT2D eigenvalue weighted by molar-refractivity contribution is 6.38. The van der Waals surface area contributed by atoms with E-state index in [4.69, 9.17) is 34.8 Å². The van der Waals surface area contributed by atoms with Gasteiger partial charge in [-0.25, -0.2) is 9.07 Å². The fourth-order valence-corrected chi connectivity index (χ4v) is 4.47. The lowest BCUT2D eigenvalue weighted by atomic mass is 9.94. The molecule has 38 heavy (non-hydrogen) atoms. The minimum Gasteiger partial charge on any atom is -0.334 e. The van der Waals surface area contributed by atoms with Gasteiger partial charge in [-0.15, -0.1) is 0 Å². The van der Waals surface area contributed by atoms with Crippen molar-refractivity contribution in [3.05, 3.63) is 68.8 Å². The maximum Gasteiger partial charge on any atom is 0.435 e. The number of nitrogens with one attached hydrogen (secondary N) is 1. The number of amides is 1. The SMILES string of the molecule is N#CC1(NC(=O)c2cc(-c3ccn(-c4c(Cl)cc(C(F)(C(F)(F)F)C(F)(F)F)cc4Cl)n3)ccc2Cl)CC1. The number of nitrogens with zero attached hydrogens (tertiary/aromatic N) is 3. The van der Waals surface area contributed by atoms with Gasteiger partial charge in [-0.1, -0.05) is 40.9 Å². The van der Waals surface area contributed by atoms with E-state index in [0.29, 0.717) is 18.4 Å². The minimum absolute atomic E-state index is 0.0410. The summed E-state index contributed by atoms with van der Waals surface area (Å²) in [6.07, 6.45) is -10.5. The highest BCUT2D eigenvalue weighted by Crippen LogP contribution is 2.54. The predicted octanol–water partition coefficient (Wildman–Crippen LogP) is 7.57. The number of nitriles is 1. The van der Waals surface area contributed by atoms with Gasteiger partial charge in [0.15, 0.2) is 0 Å². The van der Waals surface area contributed by atoms with E-state index in [2.05, 4.69) is 10.4 Å². The maximum atomic E-state index is 14.5. The zero-order chi connectivity index (χ0) is 28.3. The fraction of sp³-hybridized carbons (Fsp3) is 0.261. The molecule has 1 fully saturated rings. The van der Waals surface area contributed by atoms with Crippen LogP contribution in [-0.2, 0) is 5.67 Å². The Kier molecular flexibility index (Phi) is 6.87. The quantitative estimate of drug-likeness (QED) is 0.308. The minimum atomic E-state index is -6.34. The summed E-state index contributed by atoms with van der Waals surface area (Å²) in [5, 5.41) is 14.6. The molecule has 3 aromatic rings. The van der Waals surface area contributed by atoms with E-state index < -0.39 is 45.1 Å². The van der Waals surface area contributed by atoms with Crippen LogP contribution in [0.4, 0.5) is 30.7 Å². The second-order valence-corrected chi connectivity index (χ2v) is 9.65. The Morgan fingerprint density at radius 2 is 1.53 bits per heavy atom. The van der Waals surface area contributed by atoms with Gasteiger partial charge in [-0.2, -0.15) is 36.7 Å². The fourth-order valence-electron chi connectivity index (χ4n) is 3.61. The van der Waals surface area contributed by atoms with Crippen LogP contribution in [0.5, 0.6) is 0 Å². The van der Waals surface area contributed by atoms with Crippen LogP contribution in [0, 0.1) is 11.3 Å². The topological polar surface area (TPSA) is 70.7 Å². The molecule has 0 spiro atoms. The summed E-state index contributed by atoms with van der Waals surface area (Å²) >= 11 is 18.0. The summed E-state index contributed by atoms with van der Waals surface area (Å²) in [7, 11) is 0. The van der Waals surface area contributed by atoms with Crippen molar-refractivity contribution in [3.63, 3.8) is 0 Å². The van der Waals surface area contributed by atoms with Crippen molar-refractivity contribution in [2.45, 2.75) is 36.4 Å². The Hall–Kier alpha value is -3.01. The second kappa shape index (κ2) is 9.32. The lowest BCUT2D eigenvalue weighted by Crippen LogP contribution is -2.50. The van der Waals surface area contributed by atoms with Crippen LogP contribution < -0.4 is 5.32 Å². The normalized spacial score (nSPS) is 15.2. The smallest absolute Gasteiger partial charge is 0.334 e. The lowest BCUT2D eigenvalue weighted by molar-refractivity contribution is -0.348. The lowest BCUT2D eigenvalue weighted by Gasteiger charge is -2.30. The zero-order valence-corrected chi connectivity index (χ0v) is 20.8. The van der Waals surface area contributed by atoms with Gasteiger partial charge in [0, 0.05) is 17.3 Å². The van der Waals surface area contributed by atoms with Crippen molar-refractivity contribution >= 4 is 40.7 Å². The van der Waals surface area contributed by atoms with E-state index in [0.717, 1.165) is 4.68 Å². The molecule has 1 heterocycles. The second-order valence-electron chi connectivity index (χ2n) is 8.43. The third kappa shape index (κ3) is 4.79. The monoisotopic (exact) mass is 598 g/mol. The first-order chi connectivity index (χ1) is 17.5.